The van der Waals surface area contributed by atoms with E-state index in [9.17, 15) is 4.79 Å². The predicted molar refractivity (Wildman–Crippen MR) is 79.4 cm³/mol. The van der Waals surface area contributed by atoms with Gasteiger partial charge in [-0.3, -0.25) is 9.48 Å². The number of rotatable bonds is 3. The molecule has 1 N–H and O–H groups in total. The first kappa shape index (κ1) is 14.8. The third kappa shape index (κ3) is 3.94. The van der Waals surface area contributed by atoms with Gasteiger partial charge in [-0.1, -0.05) is 11.8 Å². The van der Waals surface area contributed by atoms with Gasteiger partial charge in [-0.15, -0.1) is 0 Å². The number of nitrogens with zero attached hydrogens (tertiary/aromatic N) is 3. The van der Waals surface area contributed by atoms with Gasteiger partial charge in [-0.25, -0.2) is 0 Å². The van der Waals surface area contributed by atoms with Crippen LogP contribution in [0.1, 0.15) is 21.5 Å². The Morgan fingerprint density at radius 1 is 1.38 bits per heavy atom. The number of amides is 1. The number of aliphatic hydroxyl groups excluding tert-OH is 1. The normalized spacial score (nSPS) is 9.86. The lowest BCUT2D eigenvalue weighted by Gasteiger charge is -2.16. The van der Waals surface area contributed by atoms with Crippen molar-refractivity contribution in [2.45, 2.75) is 6.54 Å². The molecule has 21 heavy (non-hydrogen) atoms. The van der Waals surface area contributed by atoms with Crippen molar-refractivity contribution in [1.29, 1.82) is 0 Å². The Morgan fingerprint density at radius 2 is 2.10 bits per heavy atom. The molecule has 2 aromatic rings. The van der Waals surface area contributed by atoms with E-state index in [1.165, 1.54) is 0 Å². The third-order valence-electron chi connectivity index (χ3n) is 2.97. The molecule has 0 atom stereocenters. The van der Waals surface area contributed by atoms with Crippen LogP contribution in [0.25, 0.3) is 0 Å². The van der Waals surface area contributed by atoms with Gasteiger partial charge in [0.15, 0.2) is 0 Å². The number of aromatic nitrogens is 2. The lowest BCUT2D eigenvalue weighted by atomic mass is 10.1. The maximum absolute atomic E-state index is 12.3. The second kappa shape index (κ2) is 6.73. The zero-order chi connectivity index (χ0) is 15.2. The molecule has 1 aromatic carbocycles. The van der Waals surface area contributed by atoms with Crippen LogP contribution in [0.5, 0.6) is 0 Å². The molecule has 1 heterocycles. The standard InChI is InChI=1S/C16H17N3O2/c1-18(11-14-10-17-19(2)12-14)16(21)15-7-5-13(6-8-15)4-3-9-20/h5-8,10,12,20H,9,11H2,1-2H3. The molecule has 0 aliphatic rings. The van der Waals surface area contributed by atoms with Crippen molar-refractivity contribution in [2.75, 3.05) is 13.7 Å². The van der Waals surface area contributed by atoms with Gasteiger partial charge < -0.3 is 10.0 Å². The van der Waals surface area contributed by atoms with Crippen LogP contribution in [-0.2, 0) is 13.6 Å². The summed E-state index contributed by atoms with van der Waals surface area (Å²) in [5, 5.41) is 12.7. The number of aliphatic hydroxyl groups is 1. The van der Waals surface area contributed by atoms with Crippen molar-refractivity contribution in [3.8, 4) is 11.8 Å². The van der Waals surface area contributed by atoms with Gasteiger partial charge in [0.2, 0.25) is 0 Å². The van der Waals surface area contributed by atoms with Crippen molar-refractivity contribution in [1.82, 2.24) is 14.7 Å². The summed E-state index contributed by atoms with van der Waals surface area (Å²) in [4.78, 5) is 13.9. The maximum Gasteiger partial charge on any atom is 0.253 e. The van der Waals surface area contributed by atoms with E-state index in [4.69, 9.17) is 5.11 Å². The average molecular weight is 283 g/mol. The van der Waals surface area contributed by atoms with E-state index in [2.05, 4.69) is 16.9 Å². The third-order valence-corrected chi connectivity index (χ3v) is 2.97. The van der Waals surface area contributed by atoms with E-state index in [1.54, 1.807) is 47.1 Å². The highest BCUT2D eigenvalue weighted by atomic mass is 16.2. The quantitative estimate of drug-likeness (QED) is 0.856. The summed E-state index contributed by atoms with van der Waals surface area (Å²) in [5.74, 6) is 5.31. The number of carbonyl (C=O) groups is 1. The molecule has 0 aliphatic heterocycles. The summed E-state index contributed by atoms with van der Waals surface area (Å²) in [6, 6.07) is 7.02. The Balaban J connectivity index is 2.05. The highest BCUT2D eigenvalue weighted by Gasteiger charge is 2.12. The van der Waals surface area contributed by atoms with Crippen molar-refractivity contribution >= 4 is 5.91 Å². The average Bonchev–Trinajstić information content (AvgIpc) is 2.90. The molecule has 0 spiro atoms. The van der Waals surface area contributed by atoms with E-state index >= 15 is 0 Å². The van der Waals surface area contributed by atoms with Gasteiger partial charge in [0.25, 0.3) is 5.91 Å². The smallest absolute Gasteiger partial charge is 0.253 e. The molecular weight excluding hydrogens is 266 g/mol. The lowest BCUT2D eigenvalue weighted by Crippen LogP contribution is -2.25. The van der Waals surface area contributed by atoms with E-state index in [-0.39, 0.29) is 12.5 Å². The van der Waals surface area contributed by atoms with E-state index in [0.717, 1.165) is 11.1 Å². The topological polar surface area (TPSA) is 58.4 Å². The minimum Gasteiger partial charge on any atom is -0.384 e. The zero-order valence-corrected chi connectivity index (χ0v) is 12.1. The van der Waals surface area contributed by atoms with Gasteiger partial charge in [0, 0.05) is 43.5 Å². The number of carbonyl (C=O) groups excluding carboxylic acids is 1. The van der Waals surface area contributed by atoms with Crippen LogP contribution < -0.4 is 0 Å². The molecule has 0 bridgehead atoms. The summed E-state index contributed by atoms with van der Waals surface area (Å²) >= 11 is 0. The van der Waals surface area contributed by atoms with Gasteiger partial charge in [0.05, 0.1) is 6.20 Å². The molecule has 1 aromatic heterocycles. The molecule has 0 unspecified atom stereocenters. The molecule has 0 saturated carbocycles. The van der Waals surface area contributed by atoms with Crippen LogP contribution >= 0.6 is 0 Å². The lowest BCUT2D eigenvalue weighted by molar-refractivity contribution is 0.0785. The Hall–Kier alpha value is -2.58. The molecule has 5 nitrogen and oxygen atoms in total. The number of benzene rings is 1. The molecule has 0 aliphatic carbocycles. The summed E-state index contributed by atoms with van der Waals surface area (Å²) < 4.78 is 1.71. The van der Waals surface area contributed by atoms with Gasteiger partial charge >= 0.3 is 0 Å². The molecule has 0 fully saturated rings. The predicted octanol–water partition coefficient (Wildman–Crippen LogP) is 1.04. The second-order valence-corrected chi connectivity index (χ2v) is 4.72. The summed E-state index contributed by atoms with van der Waals surface area (Å²) in [6.07, 6.45) is 3.63. The Kier molecular flexibility index (Phi) is 4.75. The molecular formula is C16H17N3O2. The maximum atomic E-state index is 12.3. The number of hydrogen-bond donors (Lipinski definition) is 1. The minimum atomic E-state index is -0.172. The molecule has 1 amide bonds. The highest BCUT2D eigenvalue weighted by Crippen LogP contribution is 2.09. The van der Waals surface area contributed by atoms with E-state index in [1.807, 2.05) is 13.2 Å². The number of hydrogen-bond acceptors (Lipinski definition) is 3. The second-order valence-electron chi connectivity index (χ2n) is 4.72. The van der Waals surface area contributed by atoms with Crippen LogP contribution in [0.2, 0.25) is 0 Å². The minimum absolute atomic E-state index is 0.0551. The van der Waals surface area contributed by atoms with Gasteiger partial charge in [-0.05, 0) is 24.3 Å². The Bertz CT molecular complexity index is 678. The zero-order valence-electron chi connectivity index (χ0n) is 12.1. The van der Waals surface area contributed by atoms with Crippen LogP contribution in [0.15, 0.2) is 36.7 Å². The fraction of sp³-hybridized carbons (Fsp3) is 0.250. The Labute approximate surface area is 123 Å². The van der Waals surface area contributed by atoms with Crippen molar-refractivity contribution < 1.29 is 9.90 Å². The highest BCUT2D eigenvalue weighted by molar-refractivity contribution is 5.94. The van der Waals surface area contributed by atoms with Gasteiger partial charge in [-0.2, -0.15) is 5.10 Å². The summed E-state index contributed by atoms with van der Waals surface area (Å²) in [6.45, 7) is 0.341. The molecule has 2 rings (SSSR count). The number of aryl methyl sites for hydroxylation is 1. The van der Waals surface area contributed by atoms with Gasteiger partial charge in [0.1, 0.15) is 6.61 Å². The monoisotopic (exact) mass is 283 g/mol. The molecule has 5 heteroatoms. The van der Waals surface area contributed by atoms with Crippen molar-refractivity contribution in [3.63, 3.8) is 0 Å². The Morgan fingerprint density at radius 3 is 2.67 bits per heavy atom. The van der Waals surface area contributed by atoms with Crippen LogP contribution in [0, 0.1) is 11.8 Å². The van der Waals surface area contributed by atoms with Crippen molar-refractivity contribution in [3.05, 3.63) is 53.3 Å². The largest absolute Gasteiger partial charge is 0.384 e. The van der Waals surface area contributed by atoms with Crippen LogP contribution in [0.4, 0.5) is 0 Å². The molecule has 0 radical (unpaired) electrons. The fourth-order valence-corrected chi connectivity index (χ4v) is 1.96. The SMILES string of the molecule is CN(Cc1cnn(C)c1)C(=O)c1ccc(C#CCO)cc1. The molecule has 108 valence electrons. The van der Waals surface area contributed by atoms with E-state index in [0.29, 0.717) is 12.1 Å². The first-order valence-corrected chi connectivity index (χ1v) is 6.53. The first-order chi connectivity index (χ1) is 10.1. The van der Waals surface area contributed by atoms with Crippen molar-refractivity contribution in [2.24, 2.45) is 7.05 Å². The summed E-state index contributed by atoms with van der Waals surface area (Å²) in [7, 11) is 3.60. The molecule has 0 saturated heterocycles. The fourth-order valence-electron chi connectivity index (χ4n) is 1.96. The van der Waals surface area contributed by atoms with Crippen LogP contribution in [0.3, 0.4) is 0 Å². The summed E-state index contributed by atoms with van der Waals surface area (Å²) in [5.41, 5.74) is 2.37. The van der Waals surface area contributed by atoms with Crippen LogP contribution in [-0.4, -0.2) is 39.3 Å². The van der Waals surface area contributed by atoms with E-state index < -0.39 is 0 Å². The first-order valence-electron chi connectivity index (χ1n) is 6.53.